The first kappa shape index (κ1) is 21.2. The van der Waals surface area contributed by atoms with E-state index >= 15 is 0 Å². The molecule has 0 fully saturated rings. The average Bonchev–Trinajstić information content (AvgIpc) is 2.77. The van der Waals surface area contributed by atoms with Crippen LogP contribution in [0.15, 0.2) is 78.9 Å². The zero-order valence-corrected chi connectivity index (χ0v) is 17.3. The molecule has 0 aliphatic carbocycles. The van der Waals surface area contributed by atoms with E-state index in [0.717, 1.165) is 17.2 Å². The normalized spacial score (nSPS) is 10.5. The predicted octanol–water partition coefficient (Wildman–Crippen LogP) is 5.43. The second-order valence-electron chi connectivity index (χ2n) is 7.22. The lowest BCUT2D eigenvalue weighted by molar-refractivity contribution is 0.102. The number of ether oxygens (including phenoxy) is 3. The molecule has 0 spiro atoms. The minimum absolute atomic E-state index is 0.176. The quantitative estimate of drug-likeness (QED) is 0.457. The minimum Gasteiger partial charge on any atom is -0.493 e. The Morgan fingerprint density at radius 3 is 1.87 bits per heavy atom. The van der Waals surface area contributed by atoms with Crippen LogP contribution in [0.2, 0.25) is 0 Å². The van der Waals surface area contributed by atoms with Gasteiger partial charge in [0.05, 0.1) is 6.61 Å². The van der Waals surface area contributed by atoms with E-state index in [-0.39, 0.29) is 5.91 Å². The Hall–Kier alpha value is -3.47. The molecule has 0 aromatic heterocycles. The van der Waals surface area contributed by atoms with Crippen LogP contribution in [0.4, 0.5) is 5.69 Å². The maximum atomic E-state index is 12.4. The molecule has 0 atom stereocenters. The average molecular weight is 405 g/mol. The molecule has 0 bridgehead atoms. The number of para-hydroxylation sites is 1. The van der Waals surface area contributed by atoms with Crippen LogP contribution >= 0.6 is 0 Å². The highest BCUT2D eigenvalue weighted by molar-refractivity contribution is 6.04. The van der Waals surface area contributed by atoms with Gasteiger partial charge in [0.1, 0.15) is 30.5 Å². The summed E-state index contributed by atoms with van der Waals surface area (Å²) in [4.78, 5) is 12.4. The van der Waals surface area contributed by atoms with Gasteiger partial charge in [-0.2, -0.15) is 0 Å². The summed E-state index contributed by atoms with van der Waals surface area (Å²) in [7, 11) is 0. The van der Waals surface area contributed by atoms with E-state index in [2.05, 4.69) is 19.2 Å². The summed E-state index contributed by atoms with van der Waals surface area (Å²) in [5.41, 5.74) is 1.28. The Morgan fingerprint density at radius 1 is 0.733 bits per heavy atom. The van der Waals surface area contributed by atoms with Crippen LogP contribution in [-0.4, -0.2) is 25.7 Å². The Morgan fingerprint density at radius 2 is 1.27 bits per heavy atom. The fourth-order valence-electron chi connectivity index (χ4n) is 2.64. The van der Waals surface area contributed by atoms with Crippen LogP contribution < -0.4 is 19.5 Å². The number of rotatable bonds is 10. The third-order valence-corrected chi connectivity index (χ3v) is 4.18. The monoisotopic (exact) mass is 405 g/mol. The van der Waals surface area contributed by atoms with Gasteiger partial charge in [0.25, 0.3) is 5.91 Å². The molecule has 30 heavy (non-hydrogen) atoms. The molecule has 3 aromatic carbocycles. The van der Waals surface area contributed by atoms with Gasteiger partial charge in [-0.3, -0.25) is 4.79 Å². The van der Waals surface area contributed by atoms with Crippen molar-refractivity contribution in [3.8, 4) is 17.2 Å². The lowest BCUT2D eigenvalue weighted by Gasteiger charge is -2.10. The number of carbonyl (C=O) groups is 1. The van der Waals surface area contributed by atoms with Gasteiger partial charge in [0.15, 0.2) is 0 Å². The molecule has 5 heteroatoms. The van der Waals surface area contributed by atoms with E-state index in [9.17, 15) is 4.79 Å². The maximum absolute atomic E-state index is 12.4. The molecule has 156 valence electrons. The summed E-state index contributed by atoms with van der Waals surface area (Å²) in [6.45, 7) is 5.74. The first-order valence-corrected chi connectivity index (χ1v) is 10.0. The molecule has 0 radical (unpaired) electrons. The molecule has 0 unspecified atom stereocenters. The van der Waals surface area contributed by atoms with E-state index in [1.165, 1.54) is 0 Å². The van der Waals surface area contributed by atoms with Crippen LogP contribution in [0.5, 0.6) is 17.2 Å². The van der Waals surface area contributed by atoms with Crippen molar-refractivity contribution in [1.82, 2.24) is 0 Å². The molecule has 0 heterocycles. The van der Waals surface area contributed by atoms with Gasteiger partial charge < -0.3 is 19.5 Å². The van der Waals surface area contributed by atoms with Crippen LogP contribution in [-0.2, 0) is 0 Å². The summed E-state index contributed by atoms with van der Waals surface area (Å²) in [6.07, 6.45) is 0. The van der Waals surface area contributed by atoms with Crippen molar-refractivity contribution in [2.45, 2.75) is 13.8 Å². The number of benzene rings is 3. The van der Waals surface area contributed by atoms with Crippen molar-refractivity contribution < 1.29 is 19.0 Å². The van der Waals surface area contributed by atoms with E-state index in [1.54, 1.807) is 24.3 Å². The molecular weight excluding hydrogens is 378 g/mol. The van der Waals surface area contributed by atoms with Crippen LogP contribution in [0.3, 0.4) is 0 Å². The van der Waals surface area contributed by atoms with E-state index in [4.69, 9.17) is 14.2 Å². The van der Waals surface area contributed by atoms with Crippen molar-refractivity contribution in [2.24, 2.45) is 5.92 Å². The van der Waals surface area contributed by atoms with Gasteiger partial charge in [-0.15, -0.1) is 0 Å². The molecule has 3 rings (SSSR count). The highest BCUT2D eigenvalue weighted by atomic mass is 16.5. The van der Waals surface area contributed by atoms with Gasteiger partial charge in [0, 0.05) is 11.3 Å². The molecule has 0 saturated carbocycles. The van der Waals surface area contributed by atoms with Gasteiger partial charge >= 0.3 is 0 Å². The zero-order valence-electron chi connectivity index (χ0n) is 17.3. The molecule has 0 saturated heterocycles. The van der Waals surface area contributed by atoms with Gasteiger partial charge in [0.2, 0.25) is 0 Å². The first-order valence-electron chi connectivity index (χ1n) is 10.0. The second kappa shape index (κ2) is 10.9. The predicted molar refractivity (Wildman–Crippen MR) is 119 cm³/mol. The number of hydrogen-bond donors (Lipinski definition) is 1. The van der Waals surface area contributed by atoms with Crippen LogP contribution in [0, 0.1) is 5.92 Å². The Balaban J connectivity index is 1.44. The minimum atomic E-state index is -0.176. The number of amides is 1. The molecule has 1 amide bonds. The van der Waals surface area contributed by atoms with Crippen molar-refractivity contribution in [3.63, 3.8) is 0 Å². The highest BCUT2D eigenvalue weighted by Gasteiger charge is 2.07. The third-order valence-electron chi connectivity index (χ3n) is 4.18. The van der Waals surface area contributed by atoms with E-state index in [1.807, 2.05) is 54.6 Å². The van der Waals surface area contributed by atoms with E-state index in [0.29, 0.717) is 37.1 Å². The lowest BCUT2D eigenvalue weighted by Crippen LogP contribution is -2.12. The molecule has 3 aromatic rings. The summed E-state index contributed by atoms with van der Waals surface area (Å²) < 4.78 is 16.9. The third kappa shape index (κ3) is 6.85. The number of anilines is 1. The van der Waals surface area contributed by atoms with E-state index < -0.39 is 0 Å². The van der Waals surface area contributed by atoms with Crippen LogP contribution in [0.25, 0.3) is 0 Å². The van der Waals surface area contributed by atoms with Crippen molar-refractivity contribution in [3.05, 3.63) is 84.4 Å². The first-order chi connectivity index (χ1) is 14.6. The van der Waals surface area contributed by atoms with Crippen molar-refractivity contribution in [2.75, 3.05) is 25.1 Å². The lowest BCUT2D eigenvalue weighted by atomic mass is 10.2. The number of carbonyl (C=O) groups excluding carboxylic acids is 1. The van der Waals surface area contributed by atoms with Crippen molar-refractivity contribution >= 4 is 11.6 Å². The Bertz CT molecular complexity index is 906. The summed E-state index contributed by atoms with van der Waals surface area (Å²) in [6, 6.07) is 24.0. The van der Waals surface area contributed by atoms with Gasteiger partial charge in [-0.25, -0.2) is 0 Å². The highest BCUT2D eigenvalue weighted by Crippen LogP contribution is 2.18. The zero-order chi connectivity index (χ0) is 21.2. The smallest absolute Gasteiger partial charge is 0.255 e. The Kier molecular flexibility index (Phi) is 7.72. The number of nitrogens with one attached hydrogen (secondary N) is 1. The SMILES string of the molecule is CC(C)COc1ccc(NC(=O)c2ccc(OCCOc3ccccc3)cc2)cc1. The fourth-order valence-corrected chi connectivity index (χ4v) is 2.64. The number of hydrogen-bond acceptors (Lipinski definition) is 4. The summed E-state index contributed by atoms with van der Waals surface area (Å²) in [5, 5.41) is 2.88. The van der Waals surface area contributed by atoms with Gasteiger partial charge in [-0.1, -0.05) is 32.0 Å². The topological polar surface area (TPSA) is 56.8 Å². The molecule has 5 nitrogen and oxygen atoms in total. The van der Waals surface area contributed by atoms with Crippen molar-refractivity contribution in [1.29, 1.82) is 0 Å². The largest absolute Gasteiger partial charge is 0.493 e. The second-order valence-corrected chi connectivity index (χ2v) is 7.22. The molecule has 1 N–H and O–H groups in total. The summed E-state index contributed by atoms with van der Waals surface area (Å²) >= 11 is 0. The fraction of sp³-hybridized carbons (Fsp3) is 0.240. The molecular formula is C25H27NO4. The summed E-state index contributed by atoms with van der Waals surface area (Å²) in [5.74, 6) is 2.58. The maximum Gasteiger partial charge on any atom is 0.255 e. The van der Waals surface area contributed by atoms with Gasteiger partial charge in [-0.05, 0) is 66.6 Å². The molecule has 0 aliphatic rings. The standard InChI is InChI=1S/C25H27NO4/c1-19(2)18-30-24-14-10-21(11-15-24)26-25(27)20-8-12-23(13-9-20)29-17-16-28-22-6-4-3-5-7-22/h3-15,19H,16-18H2,1-2H3,(H,26,27). The van der Waals surface area contributed by atoms with Crippen LogP contribution in [0.1, 0.15) is 24.2 Å². The Labute approximate surface area is 177 Å². The molecule has 0 aliphatic heterocycles.